The Bertz CT molecular complexity index is 778. The Morgan fingerprint density at radius 3 is 2.65 bits per heavy atom. The van der Waals surface area contributed by atoms with Gasteiger partial charge in [0.15, 0.2) is 11.9 Å². The third-order valence-electron chi connectivity index (χ3n) is 3.11. The van der Waals surface area contributed by atoms with E-state index in [2.05, 4.69) is 4.98 Å². The molecule has 2 aromatic heterocycles. The van der Waals surface area contributed by atoms with Crippen LogP contribution in [0.4, 0.5) is 0 Å². The Morgan fingerprint density at radius 2 is 2.00 bits per heavy atom. The summed E-state index contributed by atoms with van der Waals surface area (Å²) in [5.41, 5.74) is 2.50. The van der Waals surface area contributed by atoms with Crippen LogP contribution in [0.15, 0.2) is 42.6 Å². The van der Waals surface area contributed by atoms with Crippen LogP contribution in [0.3, 0.4) is 0 Å². The summed E-state index contributed by atoms with van der Waals surface area (Å²) in [5, 5.41) is 0.510. The molecule has 0 saturated carbocycles. The summed E-state index contributed by atoms with van der Waals surface area (Å²) in [6, 6.07) is 10.9. The number of hydrogen-bond donors (Lipinski definition) is 0. The van der Waals surface area contributed by atoms with E-state index in [1.54, 1.807) is 29.8 Å². The van der Waals surface area contributed by atoms with Crippen LogP contribution >= 0.6 is 11.6 Å². The zero-order valence-corrected chi connectivity index (χ0v) is 11.5. The van der Waals surface area contributed by atoms with Gasteiger partial charge in [-0.1, -0.05) is 11.6 Å². The number of nitrogens with zero attached hydrogens (tertiary/aromatic N) is 2. The number of pyridine rings is 1. The van der Waals surface area contributed by atoms with Gasteiger partial charge in [0.25, 0.3) is 0 Å². The summed E-state index contributed by atoms with van der Waals surface area (Å²) in [4.78, 5) is 15.8. The normalized spacial score (nSPS) is 10.7. The number of benzene rings is 1. The van der Waals surface area contributed by atoms with E-state index in [4.69, 9.17) is 16.3 Å². The number of aldehydes is 1. The van der Waals surface area contributed by atoms with E-state index in [0.29, 0.717) is 22.1 Å². The molecule has 0 radical (unpaired) electrons. The van der Waals surface area contributed by atoms with Crippen LogP contribution in [0.25, 0.3) is 16.9 Å². The number of carbonyl (C=O) groups is 1. The van der Waals surface area contributed by atoms with Crippen LogP contribution in [0.1, 0.15) is 10.5 Å². The van der Waals surface area contributed by atoms with Gasteiger partial charge in [0.05, 0.1) is 12.1 Å². The average molecular weight is 287 g/mol. The van der Waals surface area contributed by atoms with Crippen LogP contribution in [-0.4, -0.2) is 22.8 Å². The molecule has 3 aromatic rings. The van der Waals surface area contributed by atoms with Gasteiger partial charge < -0.3 is 4.74 Å². The number of imidazole rings is 1. The molecule has 5 heteroatoms. The maximum Gasteiger partial charge on any atom is 0.169 e. The van der Waals surface area contributed by atoms with Crippen molar-refractivity contribution in [1.82, 2.24) is 9.38 Å². The summed E-state index contributed by atoms with van der Waals surface area (Å²) in [6.07, 6.45) is 2.56. The van der Waals surface area contributed by atoms with E-state index < -0.39 is 0 Å². The molecule has 0 aliphatic rings. The molecule has 0 unspecified atom stereocenters. The molecule has 20 heavy (non-hydrogen) atoms. The van der Waals surface area contributed by atoms with Gasteiger partial charge in [-0.25, -0.2) is 4.98 Å². The first kappa shape index (κ1) is 12.7. The highest BCUT2D eigenvalue weighted by atomic mass is 35.5. The van der Waals surface area contributed by atoms with Gasteiger partial charge in [-0.15, -0.1) is 0 Å². The van der Waals surface area contributed by atoms with E-state index in [9.17, 15) is 4.79 Å². The molecule has 0 amide bonds. The predicted octanol–water partition coefficient (Wildman–Crippen LogP) is 3.48. The first-order valence-electron chi connectivity index (χ1n) is 6.01. The molecule has 0 saturated heterocycles. The summed E-state index contributed by atoms with van der Waals surface area (Å²) in [5.74, 6) is 0.753. The Kier molecular flexibility index (Phi) is 3.16. The number of halogens is 1. The smallest absolute Gasteiger partial charge is 0.169 e. The van der Waals surface area contributed by atoms with E-state index in [1.165, 1.54) is 0 Å². The van der Waals surface area contributed by atoms with E-state index >= 15 is 0 Å². The van der Waals surface area contributed by atoms with Gasteiger partial charge in [-0.2, -0.15) is 0 Å². The lowest BCUT2D eigenvalue weighted by molar-refractivity contribution is 0.111. The van der Waals surface area contributed by atoms with Gasteiger partial charge in [-0.05, 0) is 36.4 Å². The zero-order valence-electron chi connectivity index (χ0n) is 10.7. The largest absolute Gasteiger partial charge is 0.497 e. The fraction of sp³-hybridized carbons (Fsp3) is 0.0667. The van der Waals surface area contributed by atoms with Gasteiger partial charge in [0, 0.05) is 11.8 Å². The second-order valence-corrected chi connectivity index (χ2v) is 4.65. The lowest BCUT2D eigenvalue weighted by atomic mass is 10.1. The molecular formula is C15H11ClN2O2. The molecule has 0 atom stereocenters. The highest BCUT2D eigenvalue weighted by Crippen LogP contribution is 2.27. The summed E-state index contributed by atoms with van der Waals surface area (Å²) < 4.78 is 6.81. The fourth-order valence-electron chi connectivity index (χ4n) is 2.13. The minimum atomic E-state index is 0.479. The second-order valence-electron chi connectivity index (χ2n) is 4.24. The minimum Gasteiger partial charge on any atom is -0.497 e. The number of carbonyl (C=O) groups excluding carboxylic acids is 1. The first-order chi connectivity index (χ1) is 9.74. The second kappa shape index (κ2) is 4.98. The van der Waals surface area contributed by atoms with Gasteiger partial charge >= 0.3 is 0 Å². The molecule has 4 nitrogen and oxygen atoms in total. The number of hydrogen-bond acceptors (Lipinski definition) is 3. The SMILES string of the molecule is COc1ccc(-c2nc3c(Cl)cccn3c2C=O)cc1. The molecule has 3 rings (SSSR count). The lowest BCUT2D eigenvalue weighted by Gasteiger charge is -2.01. The van der Waals surface area contributed by atoms with Crippen molar-refractivity contribution >= 4 is 23.5 Å². The fourth-order valence-corrected chi connectivity index (χ4v) is 2.33. The average Bonchev–Trinajstić information content (AvgIpc) is 2.87. The topological polar surface area (TPSA) is 43.6 Å². The molecule has 0 bridgehead atoms. The molecule has 0 aliphatic carbocycles. The highest BCUT2D eigenvalue weighted by molar-refractivity contribution is 6.33. The first-order valence-corrected chi connectivity index (χ1v) is 6.38. The van der Waals surface area contributed by atoms with Crippen LogP contribution in [-0.2, 0) is 0 Å². The van der Waals surface area contributed by atoms with Crippen LogP contribution in [0.5, 0.6) is 5.75 Å². The Hall–Kier alpha value is -2.33. The zero-order chi connectivity index (χ0) is 14.1. The van der Waals surface area contributed by atoms with Crippen LogP contribution in [0, 0.1) is 0 Å². The van der Waals surface area contributed by atoms with E-state index in [1.807, 2.05) is 24.3 Å². The summed E-state index contributed by atoms with van der Waals surface area (Å²) in [7, 11) is 1.61. The predicted molar refractivity (Wildman–Crippen MR) is 77.6 cm³/mol. The standard InChI is InChI=1S/C15H11ClN2O2/c1-20-11-6-4-10(5-7-11)14-13(9-19)18-8-2-3-12(16)15(18)17-14/h2-9H,1H3. The van der Waals surface area contributed by atoms with Crippen molar-refractivity contribution < 1.29 is 9.53 Å². The van der Waals surface area contributed by atoms with Crippen molar-refractivity contribution in [3.05, 3.63) is 53.3 Å². The number of ether oxygens (including phenoxy) is 1. The molecule has 0 aliphatic heterocycles. The van der Waals surface area contributed by atoms with Crippen molar-refractivity contribution in [1.29, 1.82) is 0 Å². The minimum absolute atomic E-state index is 0.479. The maximum absolute atomic E-state index is 11.4. The van der Waals surface area contributed by atoms with Gasteiger partial charge in [0.1, 0.15) is 17.1 Å². The van der Waals surface area contributed by atoms with Crippen LogP contribution in [0.2, 0.25) is 5.02 Å². The number of rotatable bonds is 3. The highest BCUT2D eigenvalue weighted by Gasteiger charge is 2.14. The maximum atomic E-state index is 11.4. The van der Waals surface area contributed by atoms with Crippen molar-refractivity contribution in [2.75, 3.05) is 7.11 Å². The molecule has 0 fully saturated rings. The molecule has 1 aromatic carbocycles. The van der Waals surface area contributed by atoms with Crippen molar-refractivity contribution in [2.45, 2.75) is 0 Å². The van der Waals surface area contributed by atoms with Gasteiger partial charge in [0.2, 0.25) is 0 Å². The molecule has 0 spiro atoms. The molecule has 0 N–H and O–H groups in total. The lowest BCUT2D eigenvalue weighted by Crippen LogP contribution is -1.92. The van der Waals surface area contributed by atoms with E-state index in [0.717, 1.165) is 17.6 Å². The monoisotopic (exact) mass is 286 g/mol. The van der Waals surface area contributed by atoms with Crippen molar-refractivity contribution in [3.8, 4) is 17.0 Å². The van der Waals surface area contributed by atoms with Crippen LogP contribution < -0.4 is 4.74 Å². The van der Waals surface area contributed by atoms with Crippen molar-refractivity contribution in [3.63, 3.8) is 0 Å². The summed E-state index contributed by atoms with van der Waals surface area (Å²) >= 11 is 6.12. The summed E-state index contributed by atoms with van der Waals surface area (Å²) in [6.45, 7) is 0. The van der Waals surface area contributed by atoms with E-state index in [-0.39, 0.29) is 0 Å². The number of fused-ring (bicyclic) bond motifs is 1. The Balaban J connectivity index is 2.24. The molecule has 100 valence electrons. The Labute approximate surface area is 120 Å². The molecule has 2 heterocycles. The molecular weight excluding hydrogens is 276 g/mol. The number of methoxy groups -OCH3 is 1. The quantitative estimate of drug-likeness (QED) is 0.692. The third-order valence-corrected chi connectivity index (χ3v) is 3.41. The third kappa shape index (κ3) is 1.94. The Morgan fingerprint density at radius 1 is 1.25 bits per heavy atom. The van der Waals surface area contributed by atoms with Crippen molar-refractivity contribution in [2.24, 2.45) is 0 Å². The van der Waals surface area contributed by atoms with Gasteiger partial charge in [-0.3, -0.25) is 9.20 Å². The number of aromatic nitrogens is 2.